The van der Waals surface area contributed by atoms with Crippen molar-refractivity contribution in [3.63, 3.8) is 0 Å². The fourth-order valence-corrected chi connectivity index (χ4v) is 2.59. The van der Waals surface area contributed by atoms with Gasteiger partial charge in [-0.3, -0.25) is 5.84 Å². The lowest BCUT2D eigenvalue weighted by atomic mass is 9.99. The van der Waals surface area contributed by atoms with Crippen LogP contribution in [0.25, 0.3) is 0 Å². The largest absolute Gasteiger partial charge is 0.494 e. The Labute approximate surface area is 128 Å². The van der Waals surface area contributed by atoms with Gasteiger partial charge >= 0.3 is 0 Å². The summed E-state index contributed by atoms with van der Waals surface area (Å²) in [7, 11) is 0. The number of nitrogens with one attached hydrogen (secondary N) is 1. The Morgan fingerprint density at radius 2 is 1.65 bits per heavy atom. The van der Waals surface area contributed by atoms with Gasteiger partial charge in [-0.25, -0.2) is 5.43 Å². The summed E-state index contributed by atoms with van der Waals surface area (Å²) in [6.07, 6.45) is 0. The lowest BCUT2D eigenvalue weighted by molar-refractivity contribution is 0.340. The molecule has 0 amide bonds. The zero-order chi connectivity index (χ0) is 14.5. The molecule has 2 rings (SSSR count). The van der Waals surface area contributed by atoms with Crippen LogP contribution in [0.5, 0.6) is 5.75 Å². The molecule has 0 saturated heterocycles. The molecule has 2 aromatic rings. The van der Waals surface area contributed by atoms with E-state index in [1.165, 1.54) is 0 Å². The van der Waals surface area contributed by atoms with Gasteiger partial charge < -0.3 is 4.74 Å². The van der Waals surface area contributed by atoms with Crippen molar-refractivity contribution in [2.75, 3.05) is 6.61 Å². The first-order chi connectivity index (χ1) is 9.63. The summed E-state index contributed by atoms with van der Waals surface area (Å²) in [5.41, 5.74) is 4.70. The lowest BCUT2D eigenvalue weighted by Crippen LogP contribution is -2.28. The molecule has 3 nitrogen and oxygen atoms in total. The maximum atomic E-state index is 6.03. The molecule has 20 heavy (non-hydrogen) atoms. The number of ether oxygens (including phenoxy) is 1. The zero-order valence-electron chi connectivity index (χ0n) is 11.1. The number of halogens is 2. The van der Waals surface area contributed by atoms with E-state index in [-0.39, 0.29) is 6.04 Å². The maximum absolute atomic E-state index is 6.03. The number of rotatable bonds is 5. The molecule has 0 saturated carbocycles. The van der Waals surface area contributed by atoms with E-state index in [9.17, 15) is 0 Å². The molecular weight excluding hydrogens is 295 g/mol. The molecule has 3 N–H and O–H groups in total. The van der Waals surface area contributed by atoms with Crippen LogP contribution in [-0.4, -0.2) is 6.61 Å². The Balaban J connectivity index is 2.31. The van der Waals surface area contributed by atoms with Crippen molar-refractivity contribution >= 4 is 23.2 Å². The van der Waals surface area contributed by atoms with Crippen molar-refractivity contribution < 1.29 is 4.74 Å². The lowest BCUT2D eigenvalue weighted by Gasteiger charge is -2.18. The van der Waals surface area contributed by atoms with Crippen LogP contribution in [0.2, 0.25) is 10.0 Å². The Hall–Kier alpha value is -1.26. The van der Waals surface area contributed by atoms with E-state index in [1.54, 1.807) is 6.07 Å². The second-order valence-corrected chi connectivity index (χ2v) is 5.18. The summed E-state index contributed by atoms with van der Waals surface area (Å²) in [6.45, 7) is 2.59. The van der Waals surface area contributed by atoms with Gasteiger partial charge in [0.1, 0.15) is 5.75 Å². The quantitative estimate of drug-likeness (QED) is 0.649. The van der Waals surface area contributed by atoms with E-state index < -0.39 is 0 Å². The van der Waals surface area contributed by atoms with Gasteiger partial charge in [0.2, 0.25) is 0 Å². The topological polar surface area (TPSA) is 47.3 Å². The minimum atomic E-state index is -0.179. The molecule has 0 aliphatic heterocycles. The number of nitrogens with two attached hydrogens (primary N) is 1. The Bertz CT molecular complexity index is 552. The van der Waals surface area contributed by atoms with Crippen molar-refractivity contribution in [1.82, 2.24) is 5.43 Å². The molecule has 0 heterocycles. The van der Waals surface area contributed by atoms with Crippen LogP contribution in [0.15, 0.2) is 42.5 Å². The van der Waals surface area contributed by atoms with Crippen LogP contribution < -0.4 is 16.0 Å². The van der Waals surface area contributed by atoms with Gasteiger partial charge in [-0.05, 0) is 48.4 Å². The molecule has 1 atom stereocenters. The summed E-state index contributed by atoms with van der Waals surface area (Å²) < 4.78 is 5.42. The summed E-state index contributed by atoms with van der Waals surface area (Å²) in [4.78, 5) is 0. The fourth-order valence-electron chi connectivity index (χ4n) is 2.05. The highest BCUT2D eigenvalue weighted by molar-refractivity contribution is 6.34. The zero-order valence-corrected chi connectivity index (χ0v) is 12.6. The average molecular weight is 311 g/mol. The maximum Gasteiger partial charge on any atom is 0.119 e. The van der Waals surface area contributed by atoms with Gasteiger partial charge in [0.05, 0.1) is 12.6 Å². The third-order valence-electron chi connectivity index (χ3n) is 2.91. The van der Waals surface area contributed by atoms with Gasteiger partial charge in [0, 0.05) is 10.0 Å². The second kappa shape index (κ2) is 6.95. The first-order valence-corrected chi connectivity index (χ1v) is 7.04. The van der Waals surface area contributed by atoms with E-state index in [0.717, 1.165) is 16.9 Å². The van der Waals surface area contributed by atoms with E-state index in [4.69, 9.17) is 33.8 Å². The SMILES string of the molecule is CCOc1ccc(C(NN)c2cc(Cl)cc(Cl)c2)cc1. The molecule has 0 aliphatic carbocycles. The third-order valence-corrected chi connectivity index (χ3v) is 3.35. The molecule has 1 unspecified atom stereocenters. The van der Waals surface area contributed by atoms with E-state index >= 15 is 0 Å². The highest BCUT2D eigenvalue weighted by Crippen LogP contribution is 2.28. The molecule has 0 fully saturated rings. The number of hydrazine groups is 1. The summed E-state index contributed by atoms with van der Waals surface area (Å²) in [5, 5.41) is 1.16. The Kier molecular flexibility index (Phi) is 5.26. The predicted molar refractivity (Wildman–Crippen MR) is 83.2 cm³/mol. The van der Waals surface area contributed by atoms with Crippen LogP contribution in [-0.2, 0) is 0 Å². The molecule has 0 aromatic heterocycles. The van der Waals surface area contributed by atoms with Gasteiger partial charge in [-0.15, -0.1) is 0 Å². The van der Waals surface area contributed by atoms with Crippen LogP contribution in [0, 0.1) is 0 Å². The van der Waals surface area contributed by atoms with Crippen LogP contribution in [0.4, 0.5) is 0 Å². The predicted octanol–water partition coefficient (Wildman–Crippen LogP) is 3.94. The summed E-state index contributed by atoms with van der Waals surface area (Å²) >= 11 is 12.1. The first-order valence-electron chi connectivity index (χ1n) is 6.29. The van der Waals surface area contributed by atoms with E-state index in [0.29, 0.717) is 16.7 Å². The van der Waals surface area contributed by atoms with Crippen molar-refractivity contribution in [2.24, 2.45) is 5.84 Å². The molecule has 106 valence electrons. The van der Waals surface area contributed by atoms with Gasteiger partial charge in [-0.1, -0.05) is 35.3 Å². The highest BCUT2D eigenvalue weighted by Gasteiger charge is 2.13. The second-order valence-electron chi connectivity index (χ2n) is 4.30. The summed E-state index contributed by atoms with van der Waals surface area (Å²) in [5.74, 6) is 6.50. The van der Waals surface area contributed by atoms with Gasteiger partial charge in [0.25, 0.3) is 0 Å². The first kappa shape index (κ1) is 15.1. The standard InChI is InChI=1S/C15H16Cl2N2O/c1-2-20-14-5-3-10(4-6-14)15(19-18)11-7-12(16)9-13(17)8-11/h3-9,15,19H,2,18H2,1H3. The van der Waals surface area contributed by atoms with Crippen LogP contribution in [0.1, 0.15) is 24.1 Å². The van der Waals surface area contributed by atoms with Crippen molar-refractivity contribution in [3.8, 4) is 5.75 Å². The minimum Gasteiger partial charge on any atom is -0.494 e. The van der Waals surface area contributed by atoms with Crippen LogP contribution in [0.3, 0.4) is 0 Å². The number of hydrogen-bond donors (Lipinski definition) is 2. The van der Waals surface area contributed by atoms with Crippen molar-refractivity contribution in [2.45, 2.75) is 13.0 Å². The molecule has 0 aliphatic rings. The average Bonchev–Trinajstić information content (AvgIpc) is 2.41. The van der Waals surface area contributed by atoms with Crippen molar-refractivity contribution in [1.29, 1.82) is 0 Å². The molecular formula is C15H16Cl2N2O. The molecule has 2 aromatic carbocycles. The monoisotopic (exact) mass is 310 g/mol. The smallest absolute Gasteiger partial charge is 0.119 e. The Morgan fingerprint density at radius 1 is 1.05 bits per heavy atom. The Morgan fingerprint density at radius 3 is 2.15 bits per heavy atom. The van der Waals surface area contributed by atoms with Gasteiger partial charge in [-0.2, -0.15) is 0 Å². The summed E-state index contributed by atoms with van der Waals surface area (Å²) in [6, 6.07) is 12.9. The molecule has 0 bridgehead atoms. The molecule has 0 spiro atoms. The highest BCUT2D eigenvalue weighted by atomic mass is 35.5. The van der Waals surface area contributed by atoms with Gasteiger partial charge in [0.15, 0.2) is 0 Å². The third kappa shape index (κ3) is 3.64. The van der Waals surface area contributed by atoms with Crippen LogP contribution >= 0.6 is 23.2 Å². The molecule has 5 heteroatoms. The number of benzene rings is 2. The van der Waals surface area contributed by atoms with Crippen molar-refractivity contribution in [3.05, 3.63) is 63.6 Å². The van der Waals surface area contributed by atoms with E-state index in [1.807, 2.05) is 43.3 Å². The fraction of sp³-hybridized carbons (Fsp3) is 0.200. The van der Waals surface area contributed by atoms with E-state index in [2.05, 4.69) is 5.43 Å². The minimum absolute atomic E-state index is 0.179. The number of hydrogen-bond acceptors (Lipinski definition) is 3. The normalized spacial score (nSPS) is 12.2. The molecule has 0 radical (unpaired) electrons.